The van der Waals surface area contributed by atoms with E-state index in [0.717, 1.165) is 42.6 Å². The standard InChI is InChI=1S/C23H23Cl2N5O/c24-18-3-1-17(2-4-18)16-27-28-23(31)8-10-29-11-13-30(14-12-29)22-7-9-26-21-15-19(25)5-6-20(21)22/h1-7,9,15-16H,8,10-14H2,(H,28,31)/b27-16+. The molecule has 1 N–H and O–H groups in total. The summed E-state index contributed by atoms with van der Waals surface area (Å²) in [6.45, 7) is 4.32. The van der Waals surface area contributed by atoms with Gasteiger partial charge in [0.05, 0.1) is 11.7 Å². The van der Waals surface area contributed by atoms with E-state index in [2.05, 4.69) is 31.4 Å². The monoisotopic (exact) mass is 455 g/mol. The summed E-state index contributed by atoms with van der Waals surface area (Å²) in [5.74, 6) is -0.0929. The second-order valence-electron chi connectivity index (χ2n) is 7.41. The van der Waals surface area contributed by atoms with Crippen LogP contribution in [0.3, 0.4) is 0 Å². The molecule has 6 nitrogen and oxygen atoms in total. The van der Waals surface area contributed by atoms with E-state index in [-0.39, 0.29) is 5.91 Å². The highest BCUT2D eigenvalue weighted by atomic mass is 35.5. The fraction of sp³-hybridized carbons (Fsp3) is 0.261. The zero-order valence-electron chi connectivity index (χ0n) is 17.0. The van der Waals surface area contributed by atoms with Crippen molar-refractivity contribution >= 4 is 51.9 Å². The van der Waals surface area contributed by atoms with E-state index in [4.69, 9.17) is 23.2 Å². The van der Waals surface area contributed by atoms with Crippen molar-refractivity contribution in [1.82, 2.24) is 15.3 Å². The van der Waals surface area contributed by atoms with Crippen molar-refractivity contribution < 1.29 is 4.79 Å². The van der Waals surface area contributed by atoms with Crippen molar-refractivity contribution in [3.8, 4) is 0 Å². The quantitative estimate of drug-likeness (QED) is 0.446. The Balaban J connectivity index is 1.24. The van der Waals surface area contributed by atoms with Crippen LogP contribution in [0.15, 0.2) is 59.8 Å². The molecule has 2 aromatic carbocycles. The lowest BCUT2D eigenvalue weighted by Crippen LogP contribution is -2.47. The van der Waals surface area contributed by atoms with Crippen molar-refractivity contribution in [2.24, 2.45) is 5.10 Å². The molecular weight excluding hydrogens is 433 g/mol. The average Bonchev–Trinajstić information content (AvgIpc) is 2.79. The molecule has 3 aromatic rings. The van der Waals surface area contributed by atoms with Gasteiger partial charge in [0.15, 0.2) is 0 Å². The minimum absolute atomic E-state index is 0.0929. The highest BCUT2D eigenvalue weighted by molar-refractivity contribution is 6.31. The Morgan fingerprint density at radius 3 is 2.55 bits per heavy atom. The molecule has 1 fully saturated rings. The van der Waals surface area contributed by atoms with Crippen molar-refractivity contribution in [2.75, 3.05) is 37.6 Å². The molecule has 8 heteroatoms. The molecule has 1 aliphatic heterocycles. The van der Waals surface area contributed by atoms with Crippen LogP contribution in [0.1, 0.15) is 12.0 Å². The highest BCUT2D eigenvalue weighted by Gasteiger charge is 2.19. The molecule has 1 amide bonds. The van der Waals surface area contributed by atoms with Crippen LogP contribution in [0.25, 0.3) is 10.9 Å². The van der Waals surface area contributed by atoms with Gasteiger partial charge in [-0.1, -0.05) is 35.3 Å². The smallest absolute Gasteiger partial charge is 0.241 e. The fourth-order valence-corrected chi connectivity index (χ4v) is 3.93. The third kappa shape index (κ3) is 5.73. The summed E-state index contributed by atoms with van der Waals surface area (Å²) >= 11 is 12.0. The number of benzene rings is 2. The average molecular weight is 456 g/mol. The Kier molecular flexibility index (Phi) is 7.02. The Hall–Kier alpha value is -2.67. The zero-order valence-corrected chi connectivity index (χ0v) is 18.5. The van der Waals surface area contributed by atoms with Crippen LogP contribution in [0.4, 0.5) is 5.69 Å². The Bertz CT molecular complexity index is 1080. The normalized spacial score (nSPS) is 15.0. The summed E-state index contributed by atoms with van der Waals surface area (Å²) in [5, 5.41) is 6.48. The second kappa shape index (κ2) is 10.1. The summed E-state index contributed by atoms with van der Waals surface area (Å²) < 4.78 is 0. The minimum atomic E-state index is -0.0929. The van der Waals surface area contributed by atoms with Gasteiger partial charge in [-0.2, -0.15) is 5.10 Å². The van der Waals surface area contributed by atoms with Crippen LogP contribution in [-0.4, -0.2) is 54.7 Å². The number of hydrogen-bond acceptors (Lipinski definition) is 5. The maximum absolute atomic E-state index is 12.1. The van der Waals surface area contributed by atoms with Crippen molar-refractivity contribution in [2.45, 2.75) is 6.42 Å². The lowest BCUT2D eigenvalue weighted by molar-refractivity contribution is -0.121. The lowest BCUT2D eigenvalue weighted by Gasteiger charge is -2.36. The molecular formula is C23H23Cl2N5O. The number of pyridine rings is 1. The number of halogens is 2. The lowest BCUT2D eigenvalue weighted by atomic mass is 10.1. The van der Waals surface area contributed by atoms with Gasteiger partial charge < -0.3 is 4.90 Å². The number of anilines is 1. The summed E-state index contributed by atoms with van der Waals surface area (Å²) in [6, 6.07) is 15.1. The highest BCUT2D eigenvalue weighted by Crippen LogP contribution is 2.28. The first kappa shape index (κ1) is 21.6. The molecule has 0 atom stereocenters. The van der Waals surface area contributed by atoms with E-state index in [9.17, 15) is 4.79 Å². The van der Waals surface area contributed by atoms with Crippen LogP contribution in [0.2, 0.25) is 10.0 Å². The Morgan fingerprint density at radius 1 is 1.03 bits per heavy atom. The molecule has 0 aliphatic carbocycles. The maximum atomic E-state index is 12.1. The molecule has 31 heavy (non-hydrogen) atoms. The van der Waals surface area contributed by atoms with E-state index in [1.807, 2.05) is 36.5 Å². The number of carbonyl (C=O) groups excluding carboxylic acids is 1. The molecule has 2 heterocycles. The van der Waals surface area contributed by atoms with Gasteiger partial charge in [-0.25, -0.2) is 5.43 Å². The van der Waals surface area contributed by atoms with Gasteiger partial charge in [0.1, 0.15) is 0 Å². The number of amides is 1. The topological polar surface area (TPSA) is 60.8 Å². The van der Waals surface area contributed by atoms with E-state index in [0.29, 0.717) is 23.0 Å². The molecule has 0 radical (unpaired) electrons. The van der Waals surface area contributed by atoms with Crippen LogP contribution >= 0.6 is 23.2 Å². The van der Waals surface area contributed by atoms with E-state index >= 15 is 0 Å². The number of fused-ring (bicyclic) bond motifs is 1. The van der Waals surface area contributed by atoms with Crippen molar-refractivity contribution in [3.63, 3.8) is 0 Å². The van der Waals surface area contributed by atoms with Gasteiger partial charge in [0.25, 0.3) is 0 Å². The Morgan fingerprint density at radius 2 is 1.77 bits per heavy atom. The molecule has 0 unspecified atom stereocenters. The SMILES string of the molecule is O=C(CCN1CCN(c2ccnc3cc(Cl)ccc23)CC1)N/N=C/c1ccc(Cl)cc1. The van der Waals surface area contributed by atoms with Crippen molar-refractivity contribution in [1.29, 1.82) is 0 Å². The number of aromatic nitrogens is 1. The van der Waals surface area contributed by atoms with E-state index in [1.54, 1.807) is 18.3 Å². The molecule has 0 saturated carbocycles. The molecule has 1 saturated heterocycles. The minimum Gasteiger partial charge on any atom is -0.368 e. The third-order valence-electron chi connectivity index (χ3n) is 5.32. The van der Waals surface area contributed by atoms with Gasteiger partial charge in [-0.15, -0.1) is 0 Å². The van der Waals surface area contributed by atoms with Crippen molar-refractivity contribution in [3.05, 3.63) is 70.3 Å². The third-order valence-corrected chi connectivity index (χ3v) is 5.81. The molecule has 0 spiro atoms. The van der Waals surface area contributed by atoms with Crippen LogP contribution in [0.5, 0.6) is 0 Å². The predicted molar refractivity (Wildman–Crippen MR) is 127 cm³/mol. The first-order valence-electron chi connectivity index (χ1n) is 10.2. The van der Waals surface area contributed by atoms with Gasteiger partial charge >= 0.3 is 0 Å². The maximum Gasteiger partial charge on any atom is 0.241 e. The first-order valence-corrected chi connectivity index (χ1v) is 10.9. The predicted octanol–water partition coefficient (Wildman–Crippen LogP) is 4.20. The largest absolute Gasteiger partial charge is 0.368 e. The fourth-order valence-electron chi connectivity index (χ4n) is 3.64. The zero-order chi connectivity index (χ0) is 21.6. The van der Waals surface area contributed by atoms with Gasteiger partial charge in [0.2, 0.25) is 5.91 Å². The number of hydrogen-bond donors (Lipinski definition) is 1. The van der Waals surface area contributed by atoms with Gasteiger partial charge in [-0.05, 0) is 42.0 Å². The number of hydrazone groups is 1. The number of nitrogens with one attached hydrogen (secondary N) is 1. The second-order valence-corrected chi connectivity index (χ2v) is 8.29. The summed E-state index contributed by atoms with van der Waals surface area (Å²) in [6.07, 6.45) is 3.85. The molecule has 0 bridgehead atoms. The summed E-state index contributed by atoms with van der Waals surface area (Å²) in [4.78, 5) is 21.2. The number of rotatable bonds is 6. The number of piperazine rings is 1. The molecule has 1 aromatic heterocycles. The number of nitrogens with zero attached hydrogens (tertiary/aromatic N) is 4. The Labute approximate surface area is 191 Å². The number of carbonyl (C=O) groups is 1. The first-order chi connectivity index (χ1) is 15.1. The summed E-state index contributed by atoms with van der Waals surface area (Å²) in [5.41, 5.74) is 5.55. The van der Waals surface area contributed by atoms with E-state index < -0.39 is 0 Å². The summed E-state index contributed by atoms with van der Waals surface area (Å²) in [7, 11) is 0. The molecule has 1 aliphatic rings. The van der Waals surface area contributed by atoms with Crippen LogP contribution in [0, 0.1) is 0 Å². The van der Waals surface area contributed by atoms with E-state index in [1.165, 1.54) is 5.69 Å². The molecule has 160 valence electrons. The van der Waals surface area contributed by atoms with Crippen LogP contribution in [-0.2, 0) is 4.79 Å². The van der Waals surface area contributed by atoms with Crippen LogP contribution < -0.4 is 10.3 Å². The van der Waals surface area contributed by atoms with Gasteiger partial charge in [0, 0.05) is 66.5 Å². The van der Waals surface area contributed by atoms with Gasteiger partial charge in [-0.3, -0.25) is 14.7 Å². The molecule has 4 rings (SSSR count).